The third-order valence-corrected chi connectivity index (χ3v) is 4.03. The van der Waals surface area contributed by atoms with Crippen LogP contribution in [-0.2, 0) is 7.05 Å². The minimum atomic E-state index is -0.0197. The maximum Gasteiger partial charge on any atom is 0.258 e. The van der Waals surface area contributed by atoms with Crippen molar-refractivity contribution in [3.63, 3.8) is 0 Å². The monoisotopic (exact) mass is 320 g/mol. The van der Waals surface area contributed by atoms with Crippen molar-refractivity contribution in [3.8, 4) is 0 Å². The number of carbonyl (C=O) groups excluding carboxylic acids is 1. The van der Waals surface area contributed by atoms with Crippen molar-refractivity contribution in [1.82, 2.24) is 14.7 Å². The van der Waals surface area contributed by atoms with E-state index in [2.05, 4.69) is 5.10 Å². The Balaban J connectivity index is 0.00000200. The molecule has 0 spiro atoms. The van der Waals surface area contributed by atoms with E-state index >= 15 is 0 Å². The van der Waals surface area contributed by atoms with E-state index in [1.807, 2.05) is 18.7 Å². The molecule has 0 aromatic carbocycles. The molecule has 1 aliphatic heterocycles. The van der Waals surface area contributed by atoms with Gasteiger partial charge in [-0.05, 0) is 18.8 Å². The van der Waals surface area contributed by atoms with Gasteiger partial charge in [0.15, 0.2) is 0 Å². The van der Waals surface area contributed by atoms with Gasteiger partial charge in [0, 0.05) is 26.2 Å². The summed E-state index contributed by atoms with van der Waals surface area (Å²) in [7, 11) is 1.76. The second kappa shape index (κ2) is 6.78. The SMILES string of the molecule is CC(C)c1nn(C)c(Cl)c1C(=O)N1CCC(N)CC1.Cl. The van der Waals surface area contributed by atoms with Crippen molar-refractivity contribution in [2.75, 3.05) is 13.1 Å². The van der Waals surface area contributed by atoms with Gasteiger partial charge in [-0.3, -0.25) is 9.48 Å². The molecule has 20 heavy (non-hydrogen) atoms. The first-order valence-corrected chi connectivity index (χ1v) is 7.06. The van der Waals surface area contributed by atoms with Crippen molar-refractivity contribution in [3.05, 3.63) is 16.4 Å². The summed E-state index contributed by atoms with van der Waals surface area (Å²) in [5.41, 5.74) is 7.19. The quantitative estimate of drug-likeness (QED) is 0.908. The number of rotatable bonds is 2. The molecule has 2 heterocycles. The smallest absolute Gasteiger partial charge is 0.258 e. The Bertz CT molecular complexity index is 479. The highest BCUT2D eigenvalue weighted by Gasteiger charge is 2.29. The third kappa shape index (κ3) is 3.27. The number of aryl methyl sites for hydroxylation is 1. The van der Waals surface area contributed by atoms with Gasteiger partial charge in [0.25, 0.3) is 5.91 Å². The number of hydrogen-bond acceptors (Lipinski definition) is 3. The average Bonchev–Trinajstić information content (AvgIpc) is 2.66. The lowest BCUT2D eigenvalue weighted by Crippen LogP contribution is -2.43. The first-order valence-electron chi connectivity index (χ1n) is 6.69. The molecule has 1 saturated heterocycles. The summed E-state index contributed by atoms with van der Waals surface area (Å²) in [5.74, 6) is 0.151. The Morgan fingerprint density at radius 2 is 1.95 bits per heavy atom. The molecule has 7 heteroatoms. The molecular formula is C13H22Cl2N4O. The topological polar surface area (TPSA) is 64.2 Å². The fourth-order valence-electron chi connectivity index (χ4n) is 2.39. The molecule has 0 atom stereocenters. The number of hydrogen-bond donors (Lipinski definition) is 1. The molecule has 0 saturated carbocycles. The van der Waals surface area contributed by atoms with Crippen LogP contribution in [0, 0.1) is 0 Å². The number of halogens is 2. The van der Waals surface area contributed by atoms with Crippen LogP contribution >= 0.6 is 24.0 Å². The Hall–Kier alpha value is -0.780. The zero-order valence-electron chi connectivity index (χ0n) is 12.1. The van der Waals surface area contributed by atoms with Gasteiger partial charge in [-0.1, -0.05) is 25.4 Å². The van der Waals surface area contributed by atoms with E-state index in [4.69, 9.17) is 17.3 Å². The zero-order valence-corrected chi connectivity index (χ0v) is 13.7. The number of nitrogens with zero attached hydrogens (tertiary/aromatic N) is 3. The van der Waals surface area contributed by atoms with E-state index in [-0.39, 0.29) is 30.3 Å². The van der Waals surface area contributed by atoms with Crippen molar-refractivity contribution in [2.45, 2.75) is 38.6 Å². The van der Waals surface area contributed by atoms with Crippen LogP contribution in [-0.4, -0.2) is 39.7 Å². The standard InChI is InChI=1S/C13H21ClN4O.ClH/c1-8(2)11-10(12(14)17(3)16-11)13(19)18-6-4-9(15)5-7-18;/h8-9H,4-7,15H2,1-3H3;1H. The molecule has 2 rings (SSSR count). The fraction of sp³-hybridized carbons (Fsp3) is 0.692. The van der Waals surface area contributed by atoms with Crippen LogP contribution in [0.5, 0.6) is 0 Å². The molecule has 5 nitrogen and oxygen atoms in total. The first-order chi connectivity index (χ1) is 8.91. The minimum Gasteiger partial charge on any atom is -0.338 e. The molecule has 0 aliphatic carbocycles. The van der Waals surface area contributed by atoms with E-state index in [1.165, 1.54) is 0 Å². The summed E-state index contributed by atoms with van der Waals surface area (Å²) in [6.45, 7) is 5.43. The molecule has 0 bridgehead atoms. The highest BCUT2D eigenvalue weighted by Crippen LogP contribution is 2.27. The summed E-state index contributed by atoms with van der Waals surface area (Å²) >= 11 is 6.23. The number of likely N-dealkylation sites (tertiary alicyclic amines) is 1. The van der Waals surface area contributed by atoms with E-state index in [1.54, 1.807) is 11.7 Å². The molecule has 114 valence electrons. The maximum absolute atomic E-state index is 12.6. The summed E-state index contributed by atoms with van der Waals surface area (Å²) < 4.78 is 1.57. The van der Waals surface area contributed by atoms with Gasteiger partial charge in [-0.2, -0.15) is 5.10 Å². The third-order valence-electron chi connectivity index (χ3n) is 3.59. The second-order valence-corrected chi connectivity index (χ2v) is 5.82. The Morgan fingerprint density at radius 3 is 2.45 bits per heavy atom. The highest BCUT2D eigenvalue weighted by atomic mass is 35.5. The first kappa shape index (κ1) is 17.3. The van der Waals surface area contributed by atoms with E-state index in [9.17, 15) is 4.79 Å². The number of aromatic nitrogens is 2. The Kier molecular flexibility index (Phi) is 5.86. The lowest BCUT2D eigenvalue weighted by molar-refractivity contribution is 0.0713. The van der Waals surface area contributed by atoms with Crippen LogP contribution in [0.15, 0.2) is 0 Å². The van der Waals surface area contributed by atoms with Crippen molar-refractivity contribution in [1.29, 1.82) is 0 Å². The van der Waals surface area contributed by atoms with Crippen LogP contribution in [0.25, 0.3) is 0 Å². The van der Waals surface area contributed by atoms with Crippen molar-refractivity contribution >= 4 is 29.9 Å². The van der Waals surface area contributed by atoms with Crippen molar-refractivity contribution in [2.24, 2.45) is 12.8 Å². The minimum absolute atomic E-state index is 0. The molecule has 0 radical (unpaired) electrons. The van der Waals surface area contributed by atoms with Gasteiger partial charge in [-0.25, -0.2) is 0 Å². The van der Waals surface area contributed by atoms with E-state index < -0.39 is 0 Å². The van der Waals surface area contributed by atoms with Crippen LogP contribution < -0.4 is 5.73 Å². The van der Waals surface area contributed by atoms with Crippen LogP contribution in [0.4, 0.5) is 0 Å². The zero-order chi connectivity index (χ0) is 14.2. The lowest BCUT2D eigenvalue weighted by atomic mass is 10.0. The number of amides is 1. The summed E-state index contributed by atoms with van der Waals surface area (Å²) in [5, 5.41) is 4.77. The summed E-state index contributed by atoms with van der Waals surface area (Å²) in [4.78, 5) is 14.4. The second-order valence-electron chi connectivity index (χ2n) is 5.46. The number of piperidine rings is 1. The van der Waals surface area contributed by atoms with Crippen molar-refractivity contribution < 1.29 is 4.79 Å². The Morgan fingerprint density at radius 1 is 1.40 bits per heavy atom. The van der Waals surface area contributed by atoms with E-state index in [0.717, 1.165) is 18.5 Å². The van der Waals surface area contributed by atoms with Crippen LogP contribution in [0.3, 0.4) is 0 Å². The molecule has 1 aliphatic rings. The number of nitrogens with two attached hydrogens (primary N) is 1. The van der Waals surface area contributed by atoms with Crippen LogP contribution in [0.2, 0.25) is 5.15 Å². The molecular weight excluding hydrogens is 299 g/mol. The molecule has 1 aromatic rings. The predicted molar refractivity (Wildman–Crippen MR) is 82.7 cm³/mol. The van der Waals surface area contributed by atoms with Gasteiger partial charge >= 0.3 is 0 Å². The summed E-state index contributed by atoms with van der Waals surface area (Å²) in [6, 6.07) is 0.206. The van der Waals surface area contributed by atoms with Gasteiger partial charge in [-0.15, -0.1) is 12.4 Å². The fourth-order valence-corrected chi connectivity index (χ4v) is 2.60. The maximum atomic E-state index is 12.6. The summed E-state index contributed by atoms with van der Waals surface area (Å²) in [6.07, 6.45) is 1.70. The average molecular weight is 321 g/mol. The predicted octanol–water partition coefficient (Wildman–Crippen LogP) is 2.18. The normalized spacial score (nSPS) is 16.4. The van der Waals surface area contributed by atoms with Crippen LogP contribution in [0.1, 0.15) is 48.7 Å². The molecule has 1 amide bonds. The largest absolute Gasteiger partial charge is 0.338 e. The van der Waals surface area contributed by atoms with Gasteiger partial charge in [0.1, 0.15) is 5.15 Å². The van der Waals surface area contributed by atoms with Gasteiger partial charge in [0.05, 0.1) is 11.3 Å². The molecule has 1 aromatic heterocycles. The van der Waals surface area contributed by atoms with Gasteiger partial charge in [0.2, 0.25) is 0 Å². The molecule has 0 unspecified atom stereocenters. The molecule has 2 N–H and O–H groups in total. The number of carbonyl (C=O) groups is 1. The van der Waals surface area contributed by atoms with E-state index in [0.29, 0.717) is 23.8 Å². The molecule has 1 fully saturated rings. The highest BCUT2D eigenvalue weighted by molar-refractivity contribution is 6.33. The van der Waals surface area contributed by atoms with Gasteiger partial charge < -0.3 is 10.6 Å². The lowest BCUT2D eigenvalue weighted by Gasteiger charge is -2.30. The Labute approximate surface area is 130 Å².